The van der Waals surface area contributed by atoms with Crippen LogP contribution in [0, 0.1) is 0 Å². The van der Waals surface area contributed by atoms with Gasteiger partial charge in [-0.05, 0) is 28.5 Å². The van der Waals surface area contributed by atoms with Gasteiger partial charge in [-0.2, -0.15) is 0 Å². The van der Waals surface area contributed by atoms with Gasteiger partial charge in [-0.1, -0.05) is 30.8 Å². The lowest BCUT2D eigenvalue weighted by molar-refractivity contribution is 1.51. The van der Waals surface area contributed by atoms with Crippen LogP contribution < -0.4 is 10.4 Å². The summed E-state index contributed by atoms with van der Waals surface area (Å²) >= 11 is 1.77. The molecule has 0 N–H and O–H groups in total. The summed E-state index contributed by atoms with van der Waals surface area (Å²) < 4.78 is 0. The van der Waals surface area contributed by atoms with E-state index < -0.39 is 0 Å². The molecule has 1 aromatic carbocycles. The normalized spacial score (nSPS) is 12.9. The summed E-state index contributed by atoms with van der Waals surface area (Å²) in [5.74, 6) is 0. The lowest BCUT2D eigenvalue weighted by Crippen LogP contribution is -2.23. The van der Waals surface area contributed by atoms with Gasteiger partial charge in [0.15, 0.2) is 0 Å². The highest BCUT2D eigenvalue weighted by Crippen LogP contribution is 2.06. The SMILES string of the molecule is C=c1cccc/c1=C(\C)SC. The minimum absolute atomic E-state index is 1.11. The molecule has 58 valence electrons. The quantitative estimate of drug-likeness (QED) is 0.607. The molecule has 0 fully saturated rings. The van der Waals surface area contributed by atoms with Crippen molar-refractivity contribution in [2.45, 2.75) is 6.92 Å². The molecule has 0 spiro atoms. The van der Waals surface area contributed by atoms with Gasteiger partial charge >= 0.3 is 0 Å². The van der Waals surface area contributed by atoms with Crippen molar-refractivity contribution in [2.75, 3.05) is 6.26 Å². The zero-order chi connectivity index (χ0) is 8.27. The first-order valence-corrected chi connectivity index (χ1v) is 4.77. The molecule has 0 aromatic heterocycles. The Kier molecular flexibility index (Phi) is 2.77. The van der Waals surface area contributed by atoms with Crippen molar-refractivity contribution in [3.8, 4) is 0 Å². The van der Waals surface area contributed by atoms with Crippen LogP contribution in [0.3, 0.4) is 0 Å². The maximum absolute atomic E-state index is 3.96. The fourth-order valence-electron chi connectivity index (χ4n) is 0.974. The van der Waals surface area contributed by atoms with Crippen molar-refractivity contribution in [1.29, 1.82) is 0 Å². The van der Waals surface area contributed by atoms with E-state index in [4.69, 9.17) is 0 Å². The van der Waals surface area contributed by atoms with Crippen LogP contribution in [0.2, 0.25) is 0 Å². The molecule has 0 bridgehead atoms. The van der Waals surface area contributed by atoms with Gasteiger partial charge in [-0.15, -0.1) is 11.8 Å². The van der Waals surface area contributed by atoms with Crippen molar-refractivity contribution >= 4 is 23.2 Å². The predicted molar refractivity (Wildman–Crippen MR) is 53.8 cm³/mol. The molecule has 0 aliphatic rings. The number of benzene rings is 1. The van der Waals surface area contributed by atoms with E-state index in [0.29, 0.717) is 0 Å². The Hall–Kier alpha value is -0.690. The van der Waals surface area contributed by atoms with E-state index in [9.17, 15) is 0 Å². The van der Waals surface area contributed by atoms with Crippen LogP contribution in [-0.2, 0) is 0 Å². The standard InChI is InChI=1S/C10H12S/c1-8-6-4-5-7-10(8)9(2)11-3/h4-7H,1H2,2-3H3/b10-9-. The van der Waals surface area contributed by atoms with Crippen LogP contribution in [0.1, 0.15) is 6.92 Å². The van der Waals surface area contributed by atoms with Gasteiger partial charge in [0.25, 0.3) is 0 Å². The van der Waals surface area contributed by atoms with Gasteiger partial charge in [-0.3, -0.25) is 0 Å². The topological polar surface area (TPSA) is 0 Å². The van der Waals surface area contributed by atoms with Gasteiger partial charge in [0.2, 0.25) is 0 Å². The summed E-state index contributed by atoms with van der Waals surface area (Å²) in [5, 5.41) is 2.37. The third kappa shape index (κ3) is 1.87. The second kappa shape index (κ2) is 3.63. The Morgan fingerprint density at radius 1 is 1.36 bits per heavy atom. The molecule has 0 nitrogen and oxygen atoms in total. The first-order valence-electron chi connectivity index (χ1n) is 3.54. The average Bonchev–Trinajstić information content (AvgIpc) is 2.04. The van der Waals surface area contributed by atoms with E-state index >= 15 is 0 Å². The predicted octanol–water partition coefficient (Wildman–Crippen LogP) is 1.59. The van der Waals surface area contributed by atoms with E-state index in [0.717, 1.165) is 5.22 Å². The zero-order valence-electron chi connectivity index (χ0n) is 6.92. The molecule has 0 heterocycles. The van der Waals surface area contributed by atoms with Crippen LogP contribution in [-0.4, -0.2) is 6.26 Å². The molecular formula is C10H12S. The average molecular weight is 164 g/mol. The van der Waals surface area contributed by atoms with Crippen LogP contribution in [0.15, 0.2) is 24.3 Å². The molecule has 0 saturated heterocycles. The van der Waals surface area contributed by atoms with Gasteiger partial charge in [0.05, 0.1) is 0 Å². The first kappa shape index (κ1) is 8.41. The third-order valence-electron chi connectivity index (χ3n) is 1.70. The van der Waals surface area contributed by atoms with Crippen molar-refractivity contribution < 1.29 is 0 Å². The molecule has 1 heteroatoms. The fraction of sp³-hybridized carbons (Fsp3) is 0.200. The minimum Gasteiger partial charge on any atom is -0.134 e. The fourth-order valence-corrected chi connectivity index (χ4v) is 1.39. The van der Waals surface area contributed by atoms with Gasteiger partial charge in [-0.25, -0.2) is 0 Å². The second-order valence-electron chi connectivity index (χ2n) is 2.42. The van der Waals surface area contributed by atoms with Gasteiger partial charge < -0.3 is 0 Å². The summed E-state index contributed by atoms with van der Waals surface area (Å²) in [6, 6.07) is 8.20. The Morgan fingerprint density at radius 3 is 2.55 bits per heavy atom. The van der Waals surface area contributed by atoms with Crippen molar-refractivity contribution in [2.24, 2.45) is 0 Å². The lowest BCUT2D eigenvalue weighted by Gasteiger charge is -1.94. The van der Waals surface area contributed by atoms with E-state index in [1.165, 1.54) is 10.1 Å². The lowest BCUT2D eigenvalue weighted by atomic mass is 10.2. The smallest absolute Gasteiger partial charge is 0.00976 e. The Balaban J connectivity index is 3.46. The minimum atomic E-state index is 1.11. The summed E-state index contributed by atoms with van der Waals surface area (Å²) in [6.45, 7) is 6.08. The molecular weight excluding hydrogens is 152 g/mol. The summed E-state index contributed by atoms with van der Waals surface area (Å²) in [4.78, 5) is 1.33. The van der Waals surface area contributed by atoms with E-state index in [1.807, 2.05) is 18.2 Å². The highest BCUT2D eigenvalue weighted by molar-refractivity contribution is 8.07. The van der Waals surface area contributed by atoms with Crippen LogP contribution in [0.5, 0.6) is 0 Å². The summed E-state index contributed by atoms with van der Waals surface area (Å²) in [6.07, 6.45) is 2.09. The molecule has 0 radical (unpaired) electrons. The first-order chi connectivity index (χ1) is 5.25. The Labute approximate surface area is 71.6 Å². The molecule has 0 saturated carbocycles. The maximum atomic E-state index is 3.96. The summed E-state index contributed by atoms with van der Waals surface area (Å²) in [5.41, 5.74) is 0. The number of hydrogen-bond donors (Lipinski definition) is 0. The molecule has 0 atom stereocenters. The molecule has 1 aromatic rings. The number of hydrogen-bond acceptors (Lipinski definition) is 1. The number of thioether (sulfide) groups is 1. The van der Waals surface area contributed by atoms with Crippen molar-refractivity contribution in [3.63, 3.8) is 0 Å². The molecule has 1 rings (SSSR count). The van der Waals surface area contributed by atoms with Gasteiger partial charge in [0, 0.05) is 0 Å². The van der Waals surface area contributed by atoms with Crippen LogP contribution >= 0.6 is 11.8 Å². The summed E-state index contributed by atoms with van der Waals surface area (Å²) in [7, 11) is 0. The number of rotatable bonds is 1. The molecule has 0 aliphatic carbocycles. The molecule has 11 heavy (non-hydrogen) atoms. The van der Waals surface area contributed by atoms with E-state index in [-0.39, 0.29) is 0 Å². The van der Waals surface area contributed by atoms with Gasteiger partial charge in [0.1, 0.15) is 0 Å². The van der Waals surface area contributed by atoms with Crippen LogP contribution in [0.4, 0.5) is 0 Å². The molecule has 0 aliphatic heterocycles. The monoisotopic (exact) mass is 164 g/mol. The van der Waals surface area contributed by atoms with E-state index in [1.54, 1.807) is 11.8 Å². The molecule has 0 amide bonds. The van der Waals surface area contributed by atoms with Crippen LogP contribution in [0.25, 0.3) is 11.5 Å². The van der Waals surface area contributed by atoms with Crippen molar-refractivity contribution in [1.82, 2.24) is 0 Å². The van der Waals surface area contributed by atoms with E-state index in [2.05, 4.69) is 25.8 Å². The highest BCUT2D eigenvalue weighted by atomic mass is 32.2. The second-order valence-corrected chi connectivity index (χ2v) is 3.44. The third-order valence-corrected chi connectivity index (χ3v) is 2.54. The molecule has 0 unspecified atom stereocenters. The largest absolute Gasteiger partial charge is 0.134 e. The van der Waals surface area contributed by atoms with Crippen molar-refractivity contribution in [3.05, 3.63) is 34.7 Å². The maximum Gasteiger partial charge on any atom is -0.00976 e. The zero-order valence-corrected chi connectivity index (χ0v) is 7.74. The Bertz CT molecular complexity index is 338. The highest BCUT2D eigenvalue weighted by Gasteiger charge is 1.86. The Morgan fingerprint density at radius 2 is 2.00 bits per heavy atom.